The van der Waals surface area contributed by atoms with Crippen LogP contribution in [-0.4, -0.2) is 68.0 Å². The van der Waals surface area contributed by atoms with E-state index in [1.165, 1.54) is 12.8 Å². The number of likely N-dealkylation sites (tertiary alicyclic amines) is 1. The highest BCUT2D eigenvalue weighted by molar-refractivity contribution is 5.79. The van der Waals surface area contributed by atoms with Gasteiger partial charge in [-0.15, -0.1) is 0 Å². The molecule has 10 heteroatoms. The number of nitrogens with zero attached hydrogens (tertiary/aromatic N) is 1. The number of amides is 2. The van der Waals surface area contributed by atoms with E-state index in [-0.39, 0.29) is 36.3 Å². The van der Waals surface area contributed by atoms with Crippen molar-refractivity contribution < 1.29 is 14.4 Å². The third kappa shape index (κ3) is 5.94. The normalized spacial score (nSPS) is 36.2. The Morgan fingerprint density at radius 1 is 1.19 bits per heavy atom. The number of rotatable bonds is 9. The maximum absolute atomic E-state index is 12.2. The van der Waals surface area contributed by atoms with Crippen molar-refractivity contribution in [2.24, 2.45) is 11.8 Å². The molecular formula is C21H39N7O3. The molecule has 6 unspecified atom stereocenters. The lowest BCUT2D eigenvalue weighted by molar-refractivity contribution is -0.134. The Balaban J connectivity index is 1.06. The van der Waals surface area contributed by atoms with Gasteiger partial charge in [-0.2, -0.15) is 5.48 Å². The molecule has 1 aliphatic carbocycles. The molecule has 0 aromatic heterocycles. The number of hydrogen-bond donors (Lipinski definition) is 6. The first-order chi connectivity index (χ1) is 15.1. The molecule has 0 spiro atoms. The number of likely N-dealkylation sites (N-methyl/N-ethyl adjacent to an activating group) is 1. The first kappa shape index (κ1) is 22.9. The van der Waals surface area contributed by atoms with Gasteiger partial charge in [0.15, 0.2) is 0 Å². The van der Waals surface area contributed by atoms with Gasteiger partial charge in [0.05, 0.1) is 12.3 Å². The zero-order valence-electron chi connectivity index (χ0n) is 18.6. The lowest BCUT2D eigenvalue weighted by atomic mass is 9.76. The van der Waals surface area contributed by atoms with Gasteiger partial charge < -0.3 is 15.5 Å². The van der Waals surface area contributed by atoms with E-state index in [1.807, 2.05) is 0 Å². The summed E-state index contributed by atoms with van der Waals surface area (Å²) in [7, 11) is 2.14. The van der Waals surface area contributed by atoms with Crippen LogP contribution in [0.1, 0.15) is 57.8 Å². The molecule has 3 saturated heterocycles. The van der Waals surface area contributed by atoms with E-state index < -0.39 is 0 Å². The third-order valence-electron chi connectivity index (χ3n) is 7.27. The van der Waals surface area contributed by atoms with Crippen molar-refractivity contribution in [1.29, 1.82) is 0 Å². The van der Waals surface area contributed by atoms with Crippen LogP contribution >= 0.6 is 0 Å². The molecule has 6 N–H and O–H groups in total. The first-order valence-corrected chi connectivity index (χ1v) is 12.0. The van der Waals surface area contributed by atoms with E-state index >= 15 is 0 Å². The van der Waals surface area contributed by atoms with E-state index in [9.17, 15) is 9.59 Å². The average molecular weight is 438 g/mol. The van der Waals surface area contributed by atoms with E-state index in [0.717, 1.165) is 45.2 Å². The monoisotopic (exact) mass is 437 g/mol. The van der Waals surface area contributed by atoms with Crippen molar-refractivity contribution in [2.45, 2.75) is 82.4 Å². The second kappa shape index (κ2) is 11.0. The van der Waals surface area contributed by atoms with Gasteiger partial charge in [0, 0.05) is 30.8 Å². The van der Waals surface area contributed by atoms with Gasteiger partial charge in [0.25, 0.3) is 0 Å². The minimum Gasteiger partial charge on any atom is -0.356 e. The fourth-order valence-electron chi connectivity index (χ4n) is 5.47. The molecule has 0 aromatic rings. The van der Waals surface area contributed by atoms with Crippen molar-refractivity contribution in [3.63, 3.8) is 0 Å². The van der Waals surface area contributed by atoms with Crippen LogP contribution in [0.25, 0.3) is 0 Å². The number of hydrazine groups is 1. The maximum atomic E-state index is 12.2. The van der Waals surface area contributed by atoms with Gasteiger partial charge in [-0.1, -0.05) is 12.8 Å². The van der Waals surface area contributed by atoms with Gasteiger partial charge in [-0.25, -0.2) is 5.43 Å². The topological polar surface area (TPSA) is 119 Å². The van der Waals surface area contributed by atoms with Crippen molar-refractivity contribution in [3.8, 4) is 0 Å². The molecule has 3 heterocycles. The highest BCUT2D eigenvalue weighted by Gasteiger charge is 2.39. The van der Waals surface area contributed by atoms with Crippen LogP contribution in [-0.2, 0) is 14.4 Å². The Labute approximate surface area is 184 Å². The molecule has 0 aromatic carbocycles. The molecule has 31 heavy (non-hydrogen) atoms. The molecule has 2 amide bonds. The Hall–Kier alpha value is -1.30. The highest BCUT2D eigenvalue weighted by atomic mass is 16.7. The predicted octanol–water partition coefficient (Wildman–Crippen LogP) is -0.500. The van der Waals surface area contributed by atoms with E-state index in [2.05, 4.69) is 44.2 Å². The molecule has 4 rings (SSSR count). The summed E-state index contributed by atoms with van der Waals surface area (Å²) in [5.41, 5.74) is 9.02. The van der Waals surface area contributed by atoms with Gasteiger partial charge in [0.2, 0.25) is 11.8 Å². The molecule has 4 fully saturated rings. The molecule has 6 atom stereocenters. The summed E-state index contributed by atoms with van der Waals surface area (Å²) in [6.45, 7) is 2.57. The van der Waals surface area contributed by atoms with Crippen LogP contribution in [0.5, 0.6) is 0 Å². The first-order valence-electron chi connectivity index (χ1n) is 12.0. The fraction of sp³-hybridized carbons (Fsp3) is 0.905. The molecule has 1 saturated carbocycles. The molecule has 0 bridgehead atoms. The van der Waals surface area contributed by atoms with Crippen LogP contribution in [0.15, 0.2) is 0 Å². The van der Waals surface area contributed by atoms with Crippen molar-refractivity contribution >= 4 is 11.8 Å². The highest BCUT2D eigenvalue weighted by Crippen LogP contribution is 2.33. The van der Waals surface area contributed by atoms with Crippen LogP contribution < -0.4 is 32.3 Å². The summed E-state index contributed by atoms with van der Waals surface area (Å²) in [5.74, 6) is 0.675. The number of fused-ring (bicyclic) bond motifs is 1. The zero-order valence-corrected chi connectivity index (χ0v) is 18.6. The second-order valence-electron chi connectivity index (χ2n) is 9.42. The van der Waals surface area contributed by atoms with Crippen molar-refractivity contribution in [3.05, 3.63) is 0 Å². The summed E-state index contributed by atoms with van der Waals surface area (Å²) in [6.07, 6.45) is 8.86. The SMILES string of the molecule is CN1CCCC1C1NOC(CCC(=O)NCCCNC2NNC(=O)C3CCCCC23)N1. The number of carbonyl (C=O) groups is 2. The van der Waals surface area contributed by atoms with Gasteiger partial charge in [-0.3, -0.25) is 25.2 Å². The number of hydroxylamine groups is 1. The Bertz CT molecular complexity index is 622. The molecule has 176 valence electrons. The lowest BCUT2D eigenvalue weighted by Crippen LogP contribution is -2.64. The molecule has 0 radical (unpaired) electrons. The Morgan fingerprint density at radius 2 is 2.06 bits per heavy atom. The number of carbonyl (C=O) groups excluding carboxylic acids is 2. The summed E-state index contributed by atoms with van der Waals surface area (Å²) in [4.78, 5) is 32.2. The molecular weight excluding hydrogens is 398 g/mol. The molecule has 3 aliphatic heterocycles. The summed E-state index contributed by atoms with van der Waals surface area (Å²) >= 11 is 0. The van der Waals surface area contributed by atoms with Crippen molar-refractivity contribution in [2.75, 3.05) is 26.7 Å². The van der Waals surface area contributed by atoms with E-state index in [1.54, 1.807) is 0 Å². The standard InChI is InChI=1S/C21H39N7O3/c1-28-13-4-8-16(28)20-24-18(31-27-20)10-9-17(29)22-11-5-12-23-19-14-6-2-3-7-15(14)21(30)26-25-19/h14-16,18-20,23-25,27H,2-13H2,1H3,(H,22,29)(H,26,30). The molecule has 4 aliphatic rings. The third-order valence-corrected chi connectivity index (χ3v) is 7.27. The van der Waals surface area contributed by atoms with Crippen molar-refractivity contribution in [1.82, 2.24) is 37.2 Å². The van der Waals surface area contributed by atoms with Crippen LogP contribution in [0.2, 0.25) is 0 Å². The van der Waals surface area contributed by atoms with Crippen LogP contribution in [0.4, 0.5) is 0 Å². The predicted molar refractivity (Wildman–Crippen MR) is 116 cm³/mol. The Kier molecular flexibility index (Phi) is 8.13. The minimum absolute atomic E-state index is 0.0576. The van der Waals surface area contributed by atoms with Gasteiger partial charge in [0.1, 0.15) is 6.23 Å². The number of hydrogen-bond acceptors (Lipinski definition) is 8. The maximum Gasteiger partial charge on any atom is 0.237 e. The zero-order chi connectivity index (χ0) is 21.6. The number of nitrogens with one attached hydrogen (secondary N) is 6. The Morgan fingerprint density at radius 3 is 2.90 bits per heavy atom. The molecule has 10 nitrogen and oxygen atoms in total. The van der Waals surface area contributed by atoms with E-state index in [0.29, 0.717) is 31.3 Å². The van der Waals surface area contributed by atoms with Crippen LogP contribution in [0, 0.1) is 11.8 Å². The average Bonchev–Trinajstić information content (AvgIpc) is 3.42. The summed E-state index contributed by atoms with van der Waals surface area (Å²) in [6, 6.07) is 0.446. The summed E-state index contributed by atoms with van der Waals surface area (Å²) < 4.78 is 0. The smallest absolute Gasteiger partial charge is 0.237 e. The largest absolute Gasteiger partial charge is 0.356 e. The quantitative estimate of drug-likeness (QED) is 0.267. The van der Waals surface area contributed by atoms with Gasteiger partial charge >= 0.3 is 0 Å². The van der Waals surface area contributed by atoms with Crippen LogP contribution in [0.3, 0.4) is 0 Å². The fourth-order valence-corrected chi connectivity index (χ4v) is 5.47. The minimum atomic E-state index is -0.123. The summed E-state index contributed by atoms with van der Waals surface area (Å²) in [5, 5.41) is 9.96. The van der Waals surface area contributed by atoms with E-state index in [4.69, 9.17) is 4.84 Å². The van der Waals surface area contributed by atoms with Gasteiger partial charge in [-0.05, 0) is 58.7 Å². The second-order valence-corrected chi connectivity index (χ2v) is 9.42. The lowest BCUT2D eigenvalue weighted by Gasteiger charge is -2.41.